The van der Waals surface area contributed by atoms with Crippen LogP contribution in [0.2, 0.25) is 0 Å². The van der Waals surface area contributed by atoms with Gasteiger partial charge in [-0.15, -0.1) is 18.2 Å². The van der Waals surface area contributed by atoms with E-state index in [4.69, 9.17) is 16.3 Å². The van der Waals surface area contributed by atoms with Crippen molar-refractivity contribution in [2.45, 2.75) is 11.5 Å². The second-order valence-electron chi connectivity index (χ2n) is 1.55. The number of halogens is 1. The van der Waals surface area contributed by atoms with Gasteiger partial charge in [-0.3, -0.25) is 0 Å². The summed E-state index contributed by atoms with van der Waals surface area (Å²) < 4.78 is 4.86. The molecule has 0 amide bonds. The summed E-state index contributed by atoms with van der Waals surface area (Å²) >= 11 is 5.62. The smallest absolute Gasteiger partial charge is 0.101 e. The molecule has 1 saturated heterocycles. The zero-order chi connectivity index (χ0) is 5.28. The maximum Gasteiger partial charge on any atom is 0.101 e. The fraction of sp³-hybridized carbons (Fsp3) is 0.600. The van der Waals surface area contributed by atoms with Crippen LogP contribution in [0.15, 0.2) is 12.7 Å². The van der Waals surface area contributed by atoms with Crippen molar-refractivity contribution in [1.29, 1.82) is 0 Å². The Bertz CT molecular complexity index is 78.1. The Labute approximate surface area is 47.9 Å². The number of epoxide rings is 1. The van der Waals surface area contributed by atoms with E-state index in [1.807, 2.05) is 0 Å². The molecular formula is C5H7ClO. The number of hydrogen-bond donors (Lipinski definition) is 0. The van der Waals surface area contributed by atoms with E-state index in [1.54, 1.807) is 6.08 Å². The number of ether oxygens (including phenoxy) is 1. The van der Waals surface area contributed by atoms with Crippen LogP contribution in [0, 0.1) is 0 Å². The molecule has 1 aliphatic rings. The third kappa shape index (κ3) is 1.18. The molecule has 40 valence electrons. The predicted molar refractivity (Wildman–Crippen MR) is 29.6 cm³/mol. The molecule has 0 N–H and O–H groups in total. The molecule has 0 aromatic heterocycles. The van der Waals surface area contributed by atoms with Crippen LogP contribution in [-0.2, 0) is 4.74 Å². The van der Waals surface area contributed by atoms with Gasteiger partial charge in [0.15, 0.2) is 0 Å². The van der Waals surface area contributed by atoms with Crippen LogP contribution >= 0.6 is 11.6 Å². The molecule has 0 radical (unpaired) electrons. The zero-order valence-corrected chi connectivity index (χ0v) is 4.69. The number of rotatable bonds is 2. The van der Waals surface area contributed by atoms with E-state index in [1.165, 1.54) is 0 Å². The average molecular weight is 119 g/mol. The first kappa shape index (κ1) is 5.13. The SMILES string of the molecule is C=CC(Cl)C1CO1. The van der Waals surface area contributed by atoms with Gasteiger partial charge in [0, 0.05) is 0 Å². The van der Waals surface area contributed by atoms with Gasteiger partial charge in [-0.1, -0.05) is 6.08 Å². The van der Waals surface area contributed by atoms with Crippen molar-refractivity contribution in [2.75, 3.05) is 6.61 Å². The van der Waals surface area contributed by atoms with Crippen LogP contribution in [0.5, 0.6) is 0 Å². The number of alkyl halides is 1. The Morgan fingerprint density at radius 1 is 2.00 bits per heavy atom. The second kappa shape index (κ2) is 1.85. The Morgan fingerprint density at radius 3 is 2.71 bits per heavy atom. The van der Waals surface area contributed by atoms with Gasteiger partial charge in [0.05, 0.1) is 12.0 Å². The predicted octanol–water partition coefficient (Wildman–Crippen LogP) is 1.18. The summed E-state index contributed by atoms with van der Waals surface area (Å²) in [6.45, 7) is 4.32. The molecule has 0 aliphatic carbocycles. The van der Waals surface area contributed by atoms with Gasteiger partial charge in [0.25, 0.3) is 0 Å². The molecule has 1 heterocycles. The summed E-state index contributed by atoms with van der Waals surface area (Å²) in [5.74, 6) is 0. The van der Waals surface area contributed by atoms with Crippen molar-refractivity contribution >= 4 is 11.6 Å². The molecular weight excluding hydrogens is 112 g/mol. The summed E-state index contributed by atoms with van der Waals surface area (Å²) in [5, 5.41) is 0.0278. The van der Waals surface area contributed by atoms with Crippen molar-refractivity contribution in [3.05, 3.63) is 12.7 Å². The van der Waals surface area contributed by atoms with Crippen LogP contribution in [-0.4, -0.2) is 18.1 Å². The molecule has 1 aliphatic heterocycles. The molecule has 1 fully saturated rings. The lowest BCUT2D eigenvalue weighted by atomic mass is 10.3. The van der Waals surface area contributed by atoms with Crippen molar-refractivity contribution in [2.24, 2.45) is 0 Å². The highest BCUT2D eigenvalue weighted by Crippen LogP contribution is 2.18. The van der Waals surface area contributed by atoms with E-state index in [9.17, 15) is 0 Å². The summed E-state index contributed by atoms with van der Waals surface area (Å²) in [5.41, 5.74) is 0. The molecule has 7 heavy (non-hydrogen) atoms. The lowest BCUT2D eigenvalue weighted by Crippen LogP contribution is -2.00. The van der Waals surface area contributed by atoms with Crippen molar-refractivity contribution < 1.29 is 4.74 Å². The van der Waals surface area contributed by atoms with Gasteiger partial charge in [-0.25, -0.2) is 0 Å². The zero-order valence-electron chi connectivity index (χ0n) is 3.93. The monoisotopic (exact) mass is 118 g/mol. The fourth-order valence-electron chi connectivity index (χ4n) is 0.391. The minimum absolute atomic E-state index is 0.0278. The molecule has 0 aromatic rings. The first-order valence-electron chi connectivity index (χ1n) is 2.23. The first-order valence-corrected chi connectivity index (χ1v) is 2.66. The van der Waals surface area contributed by atoms with Gasteiger partial charge >= 0.3 is 0 Å². The van der Waals surface area contributed by atoms with E-state index >= 15 is 0 Å². The van der Waals surface area contributed by atoms with Crippen LogP contribution < -0.4 is 0 Å². The normalized spacial score (nSPS) is 31.9. The van der Waals surface area contributed by atoms with Gasteiger partial charge in [0.1, 0.15) is 6.10 Å². The molecule has 2 unspecified atom stereocenters. The standard InChI is InChI=1S/C5H7ClO/c1-2-4(6)5-3-7-5/h2,4-5H,1,3H2. The second-order valence-corrected chi connectivity index (χ2v) is 2.06. The minimum Gasteiger partial charge on any atom is -0.371 e. The van der Waals surface area contributed by atoms with Crippen LogP contribution in [0.4, 0.5) is 0 Å². The van der Waals surface area contributed by atoms with E-state index in [0.717, 1.165) is 6.61 Å². The van der Waals surface area contributed by atoms with Crippen LogP contribution in [0.1, 0.15) is 0 Å². The van der Waals surface area contributed by atoms with Crippen LogP contribution in [0.3, 0.4) is 0 Å². The molecule has 2 heteroatoms. The average Bonchev–Trinajstić information content (AvgIpc) is 2.44. The van der Waals surface area contributed by atoms with E-state index in [0.29, 0.717) is 0 Å². The maximum atomic E-state index is 5.62. The molecule has 2 atom stereocenters. The third-order valence-electron chi connectivity index (χ3n) is 0.939. The minimum atomic E-state index is 0.0278. The molecule has 0 aromatic carbocycles. The summed E-state index contributed by atoms with van der Waals surface area (Å²) in [4.78, 5) is 0. The molecule has 0 spiro atoms. The van der Waals surface area contributed by atoms with Crippen molar-refractivity contribution in [3.63, 3.8) is 0 Å². The Hall–Kier alpha value is -0.0100. The summed E-state index contributed by atoms with van der Waals surface area (Å²) in [7, 11) is 0. The highest BCUT2D eigenvalue weighted by Gasteiger charge is 2.28. The van der Waals surface area contributed by atoms with E-state index in [-0.39, 0.29) is 11.5 Å². The third-order valence-corrected chi connectivity index (χ3v) is 1.40. The quantitative estimate of drug-likeness (QED) is 0.301. The molecule has 0 bridgehead atoms. The Balaban J connectivity index is 2.22. The van der Waals surface area contributed by atoms with Gasteiger partial charge in [-0.05, 0) is 0 Å². The Kier molecular flexibility index (Phi) is 1.35. The lowest BCUT2D eigenvalue weighted by molar-refractivity contribution is 0.412. The van der Waals surface area contributed by atoms with Crippen LogP contribution in [0.25, 0.3) is 0 Å². The maximum absolute atomic E-state index is 5.62. The van der Waals surface area contributed by atoms with E-state index < -0.39 is 0 Å². The largest absolute Gasteiger partial charge is 0.371 e. The topological polar surface area (TPSA) is 12.5 Å². The highest BCUT2D eigenvalue weighted by molar-refractivity contribution is 6.22. The first-order chi connectivity index (χ1) is 3.34. The Morgan fingerprint density at radius 2 is 2.57 bits per heavy atom. The number of hydrogen-bond acceptors (Lipinski definition) is 1. The molecule has 1 rings (SSSR count). The van der Waals surface area contributed by atoms with Gasteiger partial charge < -0.3 is 4.74 Å². The summed E-state index contributed by atoms with van der Waals surface area (Å²) in [6, 6.07) is 0. The van der Waals surface area contributed by atoms with Gasteiger partial charge in [0.2, 0.25) is 0 Å². The van der Waals surface area contributed by atoms with Crippen molar-refractivity contribution in [1.82, 2.24) is 0 Å². The van der Waals surface area contributed by atoms with Gasteiger partial charge in [-0.2, -0.15) is 0 Å². The molecule has 1 nitrogen and oxygen atoms in total. The highest BCUT2D eigenvalue weighted by atomic mass is 35.5. The van der Waals surface area contributed by atoms with E-state index in [2.05, 4.69) is 6.58 Å². The fourth-order valence-corrected chi connectivity index (χ4v) is 0.537. The summed E-state index contributed by atoms with van der Waals surface area (Å²) in [6.07, 6.45) is 1.96. The lowest BCUT2D eigenvalue weighted by Gasteiger charge is -1.91. The molecule has 0 saturated carbocycles. The van der Waals surface area contributed by atoms with Crippen molar-refractivity contribution in [3.8, 4) is 0 Å².